The van der Waals surface area contributed by atoms with E-state index in [9.17, 15) is 0 Å². The standard InChI is InChI=1S/C12H19BrN2S/c1-15(7-8-16-2)12-4-3-10(5-6-14)9-11(12)13/h3-4,9H,5-8,14H2,1-2H3. The molecule has 0 aliphatic carbocycles. The number of anilines is 1. The van der Waals surface area contributed by atoms with Crippen LogP contribution in [-0.2, 0) is 6.42 Å². The van der Waals surface area contributed by atoms with Gasteiger partial charge in [0.05, 0.1) is 5.69 Å². The van der Waals surface area contributed by atoms with Gasteiger partial charge in [-0.1, -0.05) is 6.07 Å². The minimum atomic E-state index is 0.702. The van der Waals surface area contributed by atoms with Gasteiger partial charge in [-0.15, -0.1) is 0 Å². The Balaban J connectivity index is 2.73. The van der Waals surface area contributed by atoms with Crippen molar-refractivity contribution in [1.82, 2.24) is 0 Å². The molecule has 4 heteroatoms. The van der Waals surface area contributed by atoms with E-state index in [0.717, 1.165) is 23.2 Å². The zero-order valence-electron chi connectivity index (χ0n) is 9.87. The lowest BCUT2D eigenvalue weighted by Crippen LogP contribution is -2.20. The number of nitrogens with two attached hydrogens (primary N) is 1. The molecule has 16 heavy (non-hydrogen) atoms. The second kappa shape index (κ2) is 7.20. The first kappa shape index (κ1) is 13.9. The van der Waals surface area contributed by atoms with E-state index in [4.69, 9.17) is 5.73 Å². The van der Waals surface area contributed by atoms with Crippen LogP contribution in [0.4, 0.5) is 5.69 Å². The van der Waals surface area contributed by atoms with E-state index in [2.05, 4.69) is 52.3 Å². The molecule has 0 atom stereocenters. The van der Waals surface area contributed by atoms with Crippen molar-refractivity contribution in [3.05, 3.63) is 28.2 Å². The van der Waals surface area contributed by atoms with Crippen molar-refractivity contribution in [2.45, 2.75) is 6.42 Å². The van der Waals surface area contributed by atoms with Crippen molar-refractivity contribution in [3.8, 4) is 0 Å². The molecule has 2 N–H and O–H groups in total. The van der Waals surface area contributed by atoms with Crippen molar-refractivity contribution >= 4 is 33.4 Å². The SMILES string of the molecule is CSCCN(C)c1ccc(CCN)cc1Br. The lowest BCUT2D eigenvalue weighted by atomic mass is 10.1. The maximum atomic E-state index is 5.55. The number of hydrogen-bond donors (Lipinski definition) is 1. The first-order chi connectivity index (χ1) is 7.69. The van der Waals surface area contributed by atoms with Crippen LogP contribution in [0.3, 0.4) is 0 Å². The Labute approximate surface area is 111 Å². The third-order valence-electron chi connectivity index (χ3n) is 2.49. The number of thioether (sulfide) groups is 1. The van der Waals surface area contributed by atoms with Gasteiger partial charge in [0, 0.05) is 23.8 Å². The van der Waals surface area contributed by atoms with E-state index in [1.54, 1.807) is 0 Å². The Hall–Kier alpha value is -0.190. The average Bonchev–Trinajstić information content (AvgIpc) is 2.26. The molecular formula is C12H19BrN2S. The lowest BCUT2D eigenvalue weighted by Gasteiger charge is -2.20. The monoisotopic (exact) mass is 302 g/mol. The molecule has 0 heterocycles. The van der Waals surface area contributed by atoms with Crippen molar-refractivity contribution in [1.29, 1.82) is 0 Å². The summed E-state index contributed by atoms with van der Waals surface area (Å²) in [5.74, 6) is 1.15. The summed E-state index contributed by atoms with van der Waals surface area (Å²) in [6.45, 7) is 1.77. The smallest absolute Gasteiger partial charge is 0.0508 e. The molecule has 0 spiro atoms. The molecule has 0 aromatic heterocycles. The van der Waals surface area contributed by atoms with Crippen molar-refractivity contribution in [2.24, 2.45) is 5.73 Å². The largest absolute Gasteiger partial charge is 0.373 e. The first-order valence-corrected chi connectivity index (χ1v) is 7.56. The zero-order chi connectivity index (χ0) is 12.0. The molecule has 0 aliphatic heterocycles. The Morgan fingerprint density at radius 1 is 1.44 bits per heavy atom. The van der Waals surface area contributed by atoms with Crippen molar-refractivity contribution in [3.63, 3.8) is 0 Å². The molecule has 0 saturated carbocycles. The summed E-state index contributed by atoms with van der Waals surface area (Å²) < 4.78 is 1.15. The molecular weight excluding hydrogens is 284 g/mol. The molecule has 90 valence electrons. The summed E-state index contributed by atoms with van der Waals surface area (Å²) in [5, 5.41) is 0. The fourth-order valence-corrected chi connectivity index (χ4v) is 2.72. The van der Waals surface area contributed by atoms with Gasteiger partial charge in [-0.3, -0.25) is 0 Å². The maximum Gasteiger partial charge on any atom is 0.0508 e. The number of rotatable bonds is 6. The Kier molecular flexibility index (Phi) is 6.24. The molecule has 0 bridgehead atoms. The molecule has 0 unspecified atom stereocenters. The Morgan fingerprint density at radius 3 is 2.75 bits per heavy atom. The summed E-state index contributed by atoms with van der Waals surface area (Å²) in [4.78, 5) is 2.27. The van der Waals surface area contributed by atoms with Crippen LogP contribution in [0, 0.1) is 0 Å². The van der Waals surface area contributed by atoms with Gasteiger partial charge in [0.15, 0.2) is 0 Å². The van der Waals surface area contributed by atoms with E-state index in [1.807, 2.05) is 11.8 Å². The van der Waals surface area contributed by atoms with Crippen molar-refractivity contribution in [2.75, 3.05) is 37.0 Å². The highest BCUT2D eigenvalue weighted by Crippen LogP contribution is 2.26. The molecule has 0 amide bonds. The average molecular weight is 303 g/mol. The summed E-state index contributed by atoms with van der Waals surface area (Å²) >= 11 is 5.49. The maximum absolute atomic E-state index is 5.55. The molecule has 0 saturated heterocycles. The quantitative estimate of drug-likeness (QED) is 0.876. The zero-order valence-corrected chi connectivity index (χ0v) is 12.3. The molecule has 1 aromatic rings. The lowest BCUT2D eigenvalue weighted by molar-refractivity contribution is 0.953. The fourth-order valence-electron chi connectivity index (χ4n) is 1.53. The predicted molar refractivity (Wildman–Crippen MR) is 78.6 cm³/mol. The van der Waals surface area contributed by atoms with Crippen molar-refractivity contribution < 1.29 is 0 Å². The van der Waals surface area contributed by atoms with Crippen LogP contribution in [0.5, 0.6) is 0 Å². The highest BCUT2D eigenvalue weighted by atomic mass is 79.9. The van der Waals surface area contributed by atoms with Gasteiger partial charge in [-0.25, -0.2) is 0 Å². The number of nitrogens with zero attached hydrogens (tertiary/aromatic N) is 1. The molecule has 2 nitrogen and oxygen atoms in total. The number of halogens is 1. The molecule has 0 radical (unpaired) electrons. The van der Waals surface area contributed by atoms with Crippen LogP contribution < -0.4 is 10.6 Å². The van der Waals surface area contributed by atoms with E-state index < -0.39 is 0 Å². The van der Waals surface area contributed by atoms with Gasteiger partial charge in [0.2, 0.25) is 0 Å². The van der Waals surface area contributed by atoms with Crippen LogP contribution in [-0.4, -0.2) is 32.1 Å². The normalized spacial score (nSPS) is 10.5. The summed E-state index contributed by atoms with van der Waals surface area (Å²) in [6.07, 6.45) is 3.07. The topological polar surface area (TPSA) is 29.3 Å². The third kappa shape index (κ3) is 4.00. The summed E-state index contributed by atoms with van der Waals surface area (Å²) in [7, 11) is 2.12. The third-order valence-corrected chi connectivity index (χ3v) is 3.71. The van der Waals surface area contributed by atoms with E-state index in [-0.39, 0.29) is 0 Å². The van der Waals surface area contributed by atoms with Gasteiger partial charge < -0.3 is 10.6 Å². The van der Waals surface area contributed by atoms with Gasteiger partial charge in [0.25, 0.3) is 0 Å². The number of benzene rings is 1. The van der Waals surface area contributed by atoms with E-state index in [0.29, 0.717) is 6.54 Å². The summed E-state index contributed by atoms with van der Waals surface area (Å²) in [5.41, 5.74) is 8.08. The molecule has 0 aliphatic rings. The summed E-state index contributed by atoms with van der Waals surface area (Å²) in [6, 6.07) is 6.48. The minimum Gasteiger partial charge on any atom is -0.373 e. The van der Waals surface area contributed by atoms with Gasteiger partial charge in [-0.05, 0) is 52.8 Å². The van der Waals surface area contributed by atoms with Gasteiger partial charge in [0.1, 0.15) is 0 Å². The van der Waals surface area contributed by atoms with E-state index >= 15 is 0 Å². The first-order valence-electron chi connectivity index (χ1n) is 5.37. The van der Waals surface area contributed by atoms with Crippen LogP contribution in [0.2, 0.25) is 0 Å². The number of hydrogen-bond acceptors (Lipinski definition) is 3. The van der Waals surface area contributed by atoms with E-state index in [1.165, 1.54) is 11.3 Å². The van der Waals surface area contributed by atoms with Crippen LogP contribution in [0.1, 0.15) is 5.56 Å². The Bertz CT molecular complexity index is 331. The second-order valence-corrected chi connectivity index (χ2v) is 5.58. The molecule has 0 fully saturated rings. The Morgan fingerprint density at radius 2 is 2.19 bits per heavy atom. The minimum absolute atomic E-state index is 0.702. The van der Waals surface area contributed by atoms with Crippen LogP contribution >= 0.6 is 27.7 Å². The second-order valence-electron chi connectivity index (χ2n) is 3.74. The van der Waals surface area contributed by atoms with Crippen LogP contribution in [0.15, 0.2) is 22.7 Å². The van der Waals surface area contributed by atoms with Gasteiger partial charge in [-0.2, -0.15) is 11.8 Å². The van der Waals surface area contributed by atoms with Gasteiger partial charge >= 0.3 is 0 Å². The molecule has 1 aromatic carbocycles. The fraction of sp³-hybridized carbons (Fsp3) is 0.500. The van der Waals surface area contributed by atoms with Crippen LogP contribution in [0.25, 0.3) is 0 Å². The highest BCUT2D eigenvalue weighted by Gasteiger charge is 2.05. The predicted octanol–water partition coefficient (Wildman–Crippen LogP) is 2.75. The molecule has 1 rings (SSSR count). The highest BCUT2D eigenvalue weighted by molar-refractivity contribution is 9.10.